The fraction of sp³-hybridized carbons (Fsp3) is 0.286. The second-order valence-electron chi connectivity index (χ2n) is 4.25. The highest BCUT2D eigenvalue weighted by atomic mass is 79.9. The van der Waals surface area contributed by atoms with E-state index in [2.05, 4.69) is 55.5 Å². The first-order chi connectivity index (χ1) is 9.08. The van der Waals surface area contributed by atoms with E-state index in [9.17, 15) is 4.39 Å². The normalized spacial score (nSPS) is 12.6. The van der Waals surface area contributed by atoms with Crippen molar-refractivity contribution >= 4 is 43.2 Å². The van der Waals surface area contributed by atoms with Gasteiger partial charge in [0.25, 0.3) is 0 Å². The van der Waals surface area contributed by atoms with Crippen LogP contribution in [0.25, 0.3) is 0 Å². The second kappa shape index (κ2) is 6.97. The highest BCUT2D eigenvalue weighted by molar-refractivity contribution is 9.10. The van der Waals surface area contributed by atoms with Gasteiger partial charge >= 0.3 is 0 Å². The van der Waals surface area contributed by atoms with E-state index in [1.807, 2.05) is 6.07 Å². The van der Waals surface area contributed by atoms with E-state index in [4.69, 9.17) is 0 Å². The Hall–Kier alpha value is -0.230. The van der Waals surface area contributed by atoms with Gasteiger partial charge in [0.1, 0.15) is 5.82 Å². The Labute approximate surface area is 133 Å². The molecule has 19 heavy (non-hydrogen) atoms. The van der Waals surface area contributed by atoms with Crippen molar-refractivity contribution in [2.75, 3.05) is 6.54 Å². The first-order valence-corrected chi connectivity index (χ1v) is 8.47. The van der Waals surface area contributed by atoms with Crippen LogP contribution in [0.3, 0.4) is 0 Å². The molecule has 102 valence electrons. The van der Waals surface area contributed by atoms with Crippen LogP contribution in [-0.2, 0) is 6.42 Å². The molecule has 2 aromatic rings. The van der Waals surface area contributed by atoms with E-state index in [-0.39, 0.29) is 11.9 Å². The second-order valence-corrected chi connectivity index (χ2v) is 7.08. The summed E-state index contributed by atoms with van der Waals surface area (Å²) in [6, 6.07) is 7.29. The van der Waals surface area contributed by atoms with Crippen molar-refractivity contribution < 1.29 is 4.39 Å². The first kappa shape index (κ1) is 15.2. The van der Waals surface area contributed by atoms with E-state index in [0.29, 0.717) is 0 Å². The molecule has 1 N–H and O–H groups in total. The molecule has 0 radical (unpaired) electrons. The van der Waals surface area contributed by atoms with Gasteiger partial charge in [0.2, 0.25) is 0 Å². The monoisotopic (exact) mass is 405 g/mol. The van der Waals surface area contributed by atoms with Gasteiger partial charge in [-0.1, -0.05) is 22.9 Å². The summed E-state index contributed by atoms with van der Waals surface area (Å²) in [5.74, 6) is -0.209. The van der Waals surface area contributed by atoms with Crippen LogP contribution in [0.5, 0.6) is 0 Å². The average molecular weight is 407 g/mol. The predicted octanol–water partition coefficient (Wildman–Crippen LogP) is 5.31. The quantitative estimate of drug-likeness (QED) is 0.709. The summed E-state index contributed by atoms with van der Waals surface area (Å²) in [6.07, 6.45) is 0.861. The highest BCUT2D eigenvalue weighted by Gasteiger charge is 2.14. The molecule has 0 bridgehead atoms. The molecule has 0 amide bonds. The lowest BCUT2D eigenvalue weighted by atomic mass is 10.0. The van der Waals surface area contributed by atoms with Gasteiger partial charge in [0.05, 0.1) is 0 Å². The molecule has 0 fully saturated rings. The van der Waals surface area contributed by atoms with Gasteiger partial charge in [0.15, 0.2) is 0 Å². The van der Waals surface area contributed by atoms with Crippen LogP contribution in [0.15, 0.2) is 38.6 Å². The lowest BCUT2D eigenvalue weighted by Gasteiger charge is -2.18. The summed E-state index contributed by atoms with van der Waals surface area (Å²) >= 11 is 8.53. The largest absolute Gasteiger partial charge is 0.310 e. The molecule has 0 spiro atoms. The molecule has 0 saturated carbocycles. The van der Waals surface area contributed by atoms with E-state index >= 15 is 0 Å². The lowest BCUT2D eigenvalue weighted by Crippen LogP contribution is -2.22. The van der Waals surface area contributed by atoms with Crippen molar-refractivity contribution in [3.05, 3.63) is 54.8 Å². The smallest absolute Gasteiger partial charge is 0.124 e. The highest BCUT2D eigenvalue weighted by Crippen LogP contribution is 2.27. The average Bonchev–Trinajstić information content (AvgIpc) is 2.73. The lowest BCUT2D eigenvalue weighted by molar-refractivity contribution is 0.545. The zero-order chi connectivity index (χ0) is 13.8. The first-order valence-electron chi connectivity index (χ1n) is 6.00. The van der Waals surface area contributed by atoms with Crippen LogP contribution < -0.4 is 5.32 Å². The Morgan fingerprint density at radius 3 is 2.58 bits per heavy atom. The molecule has 1 unspecified atom stereocenters. The van der Waals surface area contributed by atoms with Crippen molar-refractivity contribution in [1.82, 2.24) is 5.32 Å². The van der Waals surface area contributed by atoms with Gasteiger partial charge < -0.3 is 5.32 Å². The summed E-state index contributed by atoms with van der Waals surface area (Å²) < 4.78 is 15.4. The van der Waals surface area contributed by atoms with Gasteiger partial charge in [-0.05, 0) is 52.3 Å². The molecule has 1 heterocycles. The third-order valence-electron chi connectivity index (χ3n) is 2.76. The minimum Gasteiger partial charge on any atom is -0.310 e. The van der Waals surface area contributed by atoms with Crippen molar-refractivity contribution in [3.63, 3.8) is 0 Å². The Morgan fingerprint density at radius 1 is 1.21 bits per heavy atom. The van der Waals surface area contributed by atoms with Gasteiger partial charge in [0, 0.05) is 31.7 Å². The molecule has 1 aromatic carbocycles. The van der Waals surface area contributed by atoms with Crippen molar-refractivity contribution in [2.24, 2.45) is 0 Å². The van der Waals surface area contributed by atoms with Gasteiger partial charge in [-0.2, -0.15) is 0 Å². The van der Waals surface area contributed by atoms with E-state index in [1.165, 1.54) is 10.9 Å². The Balaban J connectivity index is 2.23. The molecule has 5 heteroatoms. The van der Waals surface area contributed by atoms with E-state index in [0.717, 1.165) is 27.5 Å². The summed E-state index contributed by atoms with van der Waals surface area (Å²) in [7, 11) is 0. The topological polar surface area (TPSA) is 12.0 Å². The zero-order valence-corrected chi connectivity index (χ0v) is 14.4. The SMILES string of the molecule is CCNC(Cc1cc(Br)cs1)c1cc(F)cc(Br)c1. The van der Waals surface area contributed by atoms with Gasteiger partial charge in [-0.3, -0.25) is 0 Å². The fourth-order valence-electron chi connectivity index (χ4n) is 1.99. The molecule has 1 aromatic heterocycles. The number of rotatable bonds is 5. The molecule has 1 atom stereocenters. The molecule has 0 aliphatic carbocycles. The predicted molar refractivity (Wildman–Crippen MR) is 86.2 cm³/mol. The number of halogens is 3. The van der Waals surface area contributed by atoms with E-state index in [1.54, 1.807) is 17.4 Å². The Kier molecular flexibility index (Phi) is 5.57. The molecular formula is C14H14Br2FNS. The fourth-order valence-corrected chi connectivity index (χ4v) is 3.97. The van der Waals surface area contributed by atoms with Crippen molar-refractivity contribution in [2.45, 2.75) is 19.4 Å². The number of thiophene rings is 1. The zero-order valence-electron chi connectivity index (χ0n) is 10.4. The standard InChI is InChI=1S/C14H14Br2FNS/c1-2-18-14(7-13-6-11(16)8-19-13)9-3-10(15)5-12(17)4-9/h3-6,8,14,18H,2,7H2,1H3. The molecule has 0 aliphatic heterocycles. The maximum atomic E-state index is 13.5. The van der Waals surface area contributed by atoms with Crippen LogP contribution in [0.1, 0.15) is 23.4 Å². The minimum atomic E-state index is -0.209. The van der Waals surface area contributed by atoms with Crippen molar-refractivity contribution in [1.29, 1.82) is 0 Å². The van der Waals surface area contributed by atoms with Crippen molar-refractivity contribution in [3.8, 4) is 0 Å². The molecular weight excluding hydrogens is 393 g/mol. The molecule has 0 aliphatic rings. The molecule has 0 saturated heterocycles. The minimum absolute atomic E-state index is 0.127. The van der Waals surface area contributed by atoms with Gasteiger partial charge in [-0.25, -0.2) is 4.39 Å². The van der Waals surface area contributed by atoms with Crippen LogP contribution in [0.4, 0.5) is 4.39 Å². The van der Waals surface area contributed by atoms with Crippen LogP contribution in [0.2, 0.25) is 0 Å². The maximum absolute atomic E-state index is 13.5. The summed E-state index contributed by atoms with van der Waals surface area (Å²) in [5, 5.41) is 5.48. The third kappa shape index (κ3) is 4.38. The van der Waals surface area contributed by atoms with Gasteiger partial charge in [-0.15, -0.1) is 11.3 Å². The van der Waals surface area contributed by atoms with Crippen LogP contribution >= 0.6 is 43.2 Å². The number of nitrogens with one attached hydrogen (secondary N) is 1. The summed E-state index contributed by atoms with van der Waals surface area (Å²) in [4.78, 5) is 1.28. The number of hydrogen-bond acceptors (Lipinski definition) is 2. The maximum Gasteiger partial charge on any atom is 0.124 e. The number of benzene rings is 1. The molecule has 1 nitrogen and oxygen atoms in total. The van der Waals surface area contributed by atoms with Crippen LogP contribution in [0, 0.1) is 5.82 Å². The van der Waals surface area contributed by atoms with Crippen LogP contribution in [-0.4, -0.2) is 6.54 Å². The van der Waals surface area contributed by atoms with E-state index < -0.39 is 0 Å². The number of hydrogen-bond donors (Lipinski definition) is 1. The summed E-state index contributed by atoms with van der Waals surface area (Å²) in [6.45, 7) is 2.91. The summed E-state index contributed by atoms with van der Waals surface area (Å²) in [5.41, 5.74) is 0.971. The Morgan fingerprint density at radius 2 is 2.00 bits per heavy atom. The number of likely N-dealkylation sites (N-methyl/N-ethyl adjacent to an activating group) is 1. The Bertz CT molecular complexity index is 536. The molecule has 2 rings (SSSR count). The third-order valence-corrected chi connectivity index (χ3v) is 4.94.